The largest absolute Gasteiger partial charge is 0.493 e. The molecule has 0 spiro atoms. The molecule has 2 aromatic carbocycles. The van der Waals surface area contributed by atoms with Crippen molar-refractivity contribution in [1.29, 1.82) is 0 Å². The molecule has 0 atom stereocenters. The van der Waals surface area contributed by atoms with E-state index < -0.39 is 0 Å². The highest BCUT2D eigenvalue weighted by molar-refractivity contribution is 6.33. The lowest BCUT2D eigenvalue weighted by Crippen LogP contribution is -2.15. The number of hydrogen-bond acceptors (Lipinski definition) is 5. The number of para-hydroxylation sites is 1. The number of rotatable bonds is 6. The Balaban J connectivity index is 2.06. The Labute approximate surface area is 181 Å². The molecular weight excluding hydrogens is 400 g/mol. The van der Waals surface area contributed by atoms with Crippen molar-refractivity contribution >= 4 is 39.7 Å². The highest BCUT2D eigenvalue weighted by Crippen LogP contribution is 2.38. The van der Waals surface area contributed by atoms with Crippen molar-refractivity contribution in [3.05, 3.63) is 52.9 Å². The second-order valence-electron chi connectivity index (χ2n) is 7.24. The number of benzene rings is 2. The first-order valence-electron chi connectivity index (χ1n) is 9.91. The van der Waals surface area contributed by atoms with Crippen molar-refractivity contribution in [3.63, 3.8) is 0 Å². The lowest BCUT2D eigenvalue weighted by Gasteiger charge is -2.23. The van der Waals surface area contributed by atoms with Crippen LogP contribution in [0.15, 0.2) is 36.5 Å². The summed E-state index contributed by atoms with van der Waals surface area (Å²) >= 11 is 6.56. The van der Waals surface area contributed by atoms with Gasteiger partial charge in [-0.2, -0.15) is 0 Å². The average Bonchev–Trinajstić information content (AvgIpc) is 3.16. The minimum atomic E-state index is 0.636. The van der Waals surface area contributed by atoms with Crippen LogP contribution in [0.4, 0.5) is 11.5 Å². The van der Waals surface area contributed by atoms with Gasteiger partial charge < -0.3 is 14.4 Å². The summed E-state index contributed by atoms with van der Waals surface area (Å²) < 4.78 is 13.2. The predicted molar refractivity (Wildman–Crippen MR) is 122 cm³/mol. The molecule has 0 fully saturated rings. The number of aromatic nitrogens is 3. The topological polar surface area (TPSA) is 51.9 Å². The Morgan fingerprint density at radius 3 is 2.50 bits per heavy atom. The van der Waals surface area contributed by atoms with E-state index >= 15 is 0 Å². The van der Waals surface area contributed by atoms with E-state index in [1.807, 2.05) is 55.4 Å². The van der Waals surface area contributed by atoms with Gasteiger partial charge in [0.05, 0.1) is 42.2 Å². The molecule has 0 saturated carbocycles. The minimum Gasteiger partial charge on any atom is -0.493 e. The number of anilines is 2. The Hall–Kier alpha value is -2.99. The molecule has 2 heterocycles. The molecule has 0 aliphatic heterocycles. The van der Waals surface area contributed by atoms with Crippen LogP contribution >= 0.6 is 11.6 Å². The fourth-order valence-electron chi connectivity index (χ4n) is 3.91. The molecular formula is C23H25ClN4O2. The third kappa shape index (κ3) is 3.21. The molecule has 0 aliphatic carbocycles. The molecule has 0 N–H and O–H groups in total. The quantitative estimate of drug-likeness (QED) is 0.404. The maximum absolute atomic E-state index is 6.56. The van der Waals surface area contributed by atoms with Gasteiger partial charge in [-0.25, -0.2) is 9.97 Å². The van der Waals surface area contributed by atoms with E-state index in [1.54, 1.807) is 14.2 Å². The number of fused-ring (bicyclic) bond motifs is 3. The van der Waals surface area contributed by atoms with E-state index in [9.17, 15) is 0 Å². The molecule has 0 saturated heterocycles. The molecule has 0 aliphatic rings. The van der Waals surface area contributed by atoms with E-state index in [1.165, 1.54) is 0 Å². The van der Waals surface area contributed by atoms with Crippen molar-refractivity contribution in [2.45, 2.75) is 26.7 Å². The normalized spacial score (nSPS) is 11.3. The Morgan fingerprint density at radius 1 is 1.10 bits per heavy atom. The van der Waals surface area contributed by atoms with Gasteiger partial charge in [0.2, 0.25) is 0 Å². The number of hydrogen-bond donors (Lipinski definition) is 0. The third-order valence-corrected chi connectivity index (χ3v) is 5.63. The summed E-state index contributed by atoms with van der Waals surface area (Å²) in [6.07, 6.45) is 3.73. The maximum atomic E-state index is 6.56. The fourth-order valence-corrected chi connectivity index (χ4v) is 4.26. The van der Waals surface area contributed by atoms with Crippen LogP contribution in [0.2, 0.25) is 5.02 Å². The van der Waals surface area contributed by atoms with E-state index in [0.29, 0.717) is 16.5 Å². The van der Waals surface area contributed by atoms with E-state index in [4.69, 9.17) is 31.0 Å². The standard InChI is InChI=1S/C23H25ClN4O2/c1-6-8-21-25-13-18-23(27(3)22-14(2)9-7-10-15(22)24)26-16-11-19(29-4)20(30-5)12-17(16)28(18)21/h7,9-13H,6,8H2,1-5H3. The molecule has 7 heteroatoms. The Morgan fingerprint density at radius 2 is 1.83 bits per heavy atom. The maximum Gasteiger partial charge on any atom is 0.163 e. The minimum absolute atomic E-state index is 0.636. The van der Waals surface area contributed by atoms with Crippen LogP contribution in [-0.2, 0) is 6.42 Å². The fraction of sp³-hybridized carbons (Fsp3) is 0.304. The lowest BCUT2D eigenvalue weighted by molar-refractivity contribution is 0.355. The molecule has 0 radical (unpaired) electrons. The van der Waals surface area contributed by atoms with Crippen LogP contribution < -0.4 is 14.4 Å². The molecule has 30 heavy (non-hydrogen) atoms. The van der Waals surface area contributed by atoms with Gasteiger partial charge in [-0.05, 0) is 25.0 Å². The summed E-state index contributed by atoms with van der Waals surface area (Å²) in [6.45, 7) is 4.19. The number of aryl methyl sites for hydroxylation is 2. The van der Waals surface area contributed by atoms with Crippen molar-refractivity contribution in [3.8, 4) is 11.5 Å². The van der Waals surface area contributed by atoms with E-state index in [0.717, 1.165) is 52.3 Å². The van der Waals surface area contributed by atoms with Gasteiger partial charge in [0.25, 0.3) is 0 Å². The van der Waals surface area contributed by atoms with Crippen LogP contribution in [0, 0.1) is 6.92 Å². The first-order chi connectivity index (χ1) is 14.5. The van der Waals surface area contributed by atoms with Crippen LogP contribution in [0.5, 0.6) is 11.5 Å². The molecule has 0 bridgehead atoms. The zero-order chi connectivity index (χ0) is 21.4. The SMILES string of the molecule is CCCc1ncc2c(N(C)c3c(C)cccc3Cl)nc3cc(OC)c(OC)cc3n12. The number of methoxy groups -OCH3 is 2. The lowest BCUT2D eigenvalue weighted by atomic mass is 10.2. The van der Waals surface area contributed by atoms with Crippen LogP contribution in [-0.4, -0.2) is 35.6 Å². The number of ether oxygens (including phenoxy) is 2. The summed E-state index contributed by atoms with van der Waals surface area (Å²) in [5.74, 6) is 3.06. The van der Waals surface area contributed by atoms with E-state index in [-0.39, 0.29) is 0 Å². The smallest absolute Gasteiger partial charge is 0.163 e. The van der Waals surface area contributed by atoms with Gasteiger partial charge in [-0.1, -0.05) is 30.7 Å². The third-order valence-electron chi connectivity index (χ3n) is 5.33. The molecule has 2 aromatic heterocycles. The molecule has 156 valence electrons. The van der Waals surface area contributed by atoms with Crippen molar-refractivity contribution in [2.24, 2.45) is 0 Å². The van der Waals surface area contributed by atoms with Gasteiger partial charge in [0.1, 0.15) is 11.3 Å². The van der Waals surface area contributed by atoms with Gasteiger partial charge in [0, 0.05) is 25.6 Å². The summed E-state index contributed by atoms with van der Waals surface area (Å²) in [5, 5.41) is 0.679. The average molecular weight is 425 g/mol. The highest BCUT2D eigenvalue weighted by atomic mass is 35.5. The van der Waals surface area contributed by atoms with Crippen molar-refractivity contribution in [1.82, 2.24) is 14.4 Å². The zero-order valence-corrected chi connectivity index (χ0v) is 18.6. The predicted octanol–water partition coefficient (Wildman–Crippen LogP) is 5.58. The van der Waals surface area contributed by atoms with Gasteiger partial charge >= 0.3 is 0 Å². The van der Waals surface area contributed by atoms with Gasteiger partial charge in [0.15, 0.2) is 17.3 Å². The molecule has 0 amide bonds. The summed E-state index contributed by atoms with van der Waals surface area (Å²) in [5.41, 5.74) is 4.64. The first kappa shape index (κ1) is 20.3. The van der Waals surface area contributed by atoms with E-state index in [2.05, 4.69) is 11.3 Å². The highest BCUT2D eigenvalue weighted by Gasteiger charge is 2.21. The van der Waals surface area contributed by atoms with Gasteiger partial charge in [-0.3, -0.25) is 4.40 Å². The van der Waals surface area contributed by atoms with Gasteiger partial charge in [-0.15, -0.1) is 0 Å². The van der Waals surface area contributed by atoms with Crippen LogP contribution in [0.1, 0.15) is 24.7 Å². The first-order valence-corrected chi connectivity index (χ1v) is 10.3. The molecule has 4 rings (SSSR count). The molecule has 0 unspecified atom stereocenters. The Bertz CT molecular complexity index is 1220. The molecule has 6 nitrogen and oxygen atoms in total. The summed E-state index contributed by atoms with van der Waals surface area (Å²) in [6, 6.07) is 9.75. The molecule has 4 aromatic rings. The second-order valence-corrected chi connectivity index (χ2v) is 7.65. The Kier molecular flexibility index (Phi) is 5.43. The van der Waals surface area contributed by atoms with Crippen molar-refractivity contribution < 1.29 is 9.47 Å². The number of halogens is 1. The van der Waals surface area contributed by atoms with Crippen LogP contribution in [0.25, 0.3) is 16.6 Å². The number of imidazole rings is 1. The van der Waals surface area contributed by atoms with Crippen LogP contribution in [0.3, 0.4) is 0 Å². The second kappa shape index (κ2) is 8.03. The zero-order valence-electron chi connectivity index (χ0n) is 17.9. The summed E-state index contributed by atoms with van der Waals surface area (Å²) in [7, 11) is 5.25. The monoisotopic (exact) mass is 424 g/mol. The van der Waals surface area contributed by atoms with Crippen molar-refractivity contribution in [2.75, 3.05) is 26.2 Å². The number of nitrogens with zero attached hydrogens (tertiary/aromatic N) is 4. The summed E-state index contributed by atoms with van der Waals surface area (Å²) in [4.78, 5) is 11.7.